The molecule has 0 saturated carbocycles. The Morgan fingerprint density at radius 1 is 1.53 bits per heavy atom. The van der Waals surface area contributed by atoms with Crippen molar-refractivity contribution in [3.8, 4) is 0 Å². The van der Waals surface area contributed by atoms with Crippen LogP contribution in [0.1, 0.15) is 46.8 Å². The SMILES string of the molecule is CCc1cc(C(=O)N2CC(CO)CCC2C)sc1C. The number of nitrogens with zero attached hydrogens (tertiary/aromatic N) is 1. The van der Waals surface area contributed by atoms with Gasteiger partial charge in [0.05, 0.1) is 4.88 Å². The lowest BCUT2D eigenvalue weighted by Crippen LogP contribution is -2.46. The van der Waals surface area contributed by atoms with Gasteiger partial charge in [-0.25, -0.2) is 0 Å². The van der Waals surface area contributed by atoms with Crippen LogP contribution < -0.4 is 0 Å². The molecule has 106 valence electrons. The molecule has 19 heavy (non-hydrogen) atoms. The molecule has 1 aliphatic heterocycles. The summed E-state index contributed by atoms with van der Waals surface area (Å²) in [7, 11) is 0. The molecule has 1 aromatic rings. The number of amides is 1. The van der Waals surface area contributed by atoms with Crippen LogP contribution in [-0.4, -0.2) is 35.1 Å². The van der Waals surface area contributed by atoms with Gasteiger partial charge in [0.1, 0.15) is 0 Å². The van der Waals surface area contributed by atoms with Gasteiger partial charge in [-0.3, -0.25) is 4.79 Å². The van der Waals surface area contributed by atoms with Crippen molar-refractivity contribution in [2.75, 3.05) is 13.2 Å². The summed E-state index contributed by atoms with van der Waals surface area (Å²) in [6.45, 7) is 7.17. The summed E-state index contributed by atoms with van der Waals surface area (Å²) in [4.78, 5) is 16.6. The molecule has 2 atom stereocenters. The highest BCUT2D eigenvalue weighted by molar-refractivity contribution is 7.14. The second-order valence-electron chi connectivity index (χ2n) is 5.48. The fraction of sp³-hybridized carbons (Fsp3) is 0.667. The van der Waals surface area contributed by atoms with Crippen LogP contribution in [0, 0.1) is 12.8 Å². The van der Waals surface area contributed by atoms with E-state index in [2.05, 4.69) is 20.8 Å². The Hall–Kier alpha value is -0.870. The van der Waals surface area contributed by atoms with Crippen LogP contribution in [-0.2, 0) is 6.42 Å². The lowest BCUT2D eigenvalue weighted by atomic mass is 9.94. The highest BCUT2D eigenvalue weighted by atomic mass is 32.1. The van der Waals surface area contributed by atoms with Gasteiger partial charge in [-0.1, -0.05) is 6.92 Å². The third kappa shape index (κ3) is 3.00. The minimum Gasteiger partial charge on any atom is -0.396 e. The highest BCUT2D eigenvalue weighted by Gasteiger charge is 2.30. The second-order valence-corrected chi connectivity index (χ2v) is 6.73. The number of aliphatic hydroxyl groups is 1. The van der Waals surface area contributed by atoms with Crippen molar-refractivity contribution in [1.29, 1.82) is 0 Å². The number of carbonyl (C=O) groups is 1. The van der Waals surface area contributed by atoms with E-state index in [4.69, 9.17) is 0 Å². The molecule has 3 nitrogen and oxygen atoms in total. The third-order valence-corrected chi connectivity index (χ3v) is 5.19. The van der Waals surface area contributed by atoms with Crippen LogP contribution in [0.4, 0.5) is 0 Å². The Bertz CT molecular complexity index is 455. The van der Waals surface area contributed by atoms with E-state index in [9.17, 15) is 9.90 Å². The van der Waals surface area contributed by atoms with E-state index >= 15 is 0 Å². The molecule has 2 unspecified atom stereocenters. The number of thiophene rings is 1. The van der Waals surface area contributed by atoms with Gasteiger partial charge in [0.15, 0.2) is 0 Å². The average molecular weight is 281 g/mol. The number of likely N-dealkylation sites (tertiary alicyclic amines) is 1. The molecule has 2 heterocycles. The summed E-state index contributed by atoms with van der Waals surface area (Å²) in [5.74, 6) is 0.380. The van der Waals surface area contributed by atoms with Crippen LogP contribution in [0.2, 0.25) is 0 Å². The Balaban J connectivity index is 2.17. The summed E-state index contributed by atoms with van der Waals surface area (Å²) in [5, 5.41) is 9.30. The average Bonchev–Trinajstić information content (AvgIpc) is 2.80. The summed E-state index contributed by atoms with van der Waals surface area (Å²) in [6, 6.07) is 2.32. The minimum absolute atomic E-state index is 0.137. The Labute approximate surface area is 119 Å². The number of piperidine rings is 1. The van der Waals surface area contributed by atoms with Gasteiger partial charge in [0.2, 0.25) is 0 Å². The molecule has 1 amide bonds. The molecule has 0 aromatic carbocycles. The zero-order valence-electron chi connectivity index (χ0n) is 12.0. The van der Waals surface area contributed by atoms with Crippen LogP contribution >= 0.6 is 11.3 Å². The lowest BCUT2D eigenvalue weighted by Gasteiger charge is -2.37. The van der Waals surface area contributed by atoms with Crippen molar-refractivity contribution >= 4 is 17.2 Å². The minimum atomic E-state index is 0.137. The van der Waals surface area contributed by atoms with Crippen molar-refractivity contribution < 1.29 is 9.90 Å². The van der Waals surface area contributed by atoms with Crippen molar-refractivity contribution in [3.05, 3.63) is 21.4 Å². The molecular formula is C15H23NO2S. The normalized spacial score (nSPS) is 23.7. The van der Waals surface area contributed by atoms with Crippen molar-refractivity contribution in [2.24, 2.45) is 5.92 Å². The number of hydrogen-bond acceptors (Lipinski definition) is 3. The molecule has 1 saturated heterocycles. The Morgan fingerprint density at radius 3 is 2.84 bits per heavy atom. The lowest BCUT2D eigenvalue weighted by molar-refractivity contribution is 0.0493. The Morgan fingerprint density at radius 2 is 2.26 bits per heavy atom. The molecule has 0 aliphatic carbocycles. The van der Waals surface area contributed by atoms with Gasteiger partial charge in [-0.05, 0) is 50.7 Å². The maximum atomic E-state index is 12.6. The van der Waals surface area contributed by atoms with Gasteiger partial charge < -0.3 is 10.0 Å². The predicted molar refractivity (Wildman–Crippen MR) is 78.7 cm³/mol. The maximum absolute atomic E-state index is 12.6. The van der Waals surface area contributed by atoms with Gasteiger partial charge in [0, 0.05) is 24.1 Å². The number of carbonyl (C=O) groups excluding carboxylic acids is 1. The number of hydrogen-bond donors (Lipinski definition) is 1. The molecule has 0 radical (unpaired) electrons. The van der Waals surface area contributed by atoms with E-state index in [-0.39, 0.29) is 24.5 Å². The summed E-state index contributed by atoms with van der Waals surface area (Å²) in [5.41, 5.74) is 1.27. The fourth-order valence-electron chi connectivity index (χ4n) is 2.73. The smallest absolute Gasteiger partial charge is 0.264 e. The zero-order chi connectivity index (χ0) is 14.0. The van der Waals surface area contributed by atoms with Gasteiger partial charge in [0.25, 0.3) is 5.91 Å². The zero-order valence-corrected chi connectivity index (χ0v) is 12.8. The first-order chi connectivity index (χ1) is 9.06. The standard InChI is InChI=1S/C15H23NO2S/c1-4-13-7-14(19-11(13)3)15(18)16-8-12(9-17)6-5-10(16)2/h7,10,12,17H,4-6,8-9H2,1-3H3. The first-order valence-electron chi connectivity index (χ1n) is 7.07. The quantitative estimate of drug-likeness (QED) is 0.925. The van der Waals surface area contributed by atoms with Gasteiger partial charge >= 0.3 is 0 Å². The summed E-state index contributed by atoms with van der Waals surface area (Å²) in [6.07, 6.45) is 2.98. The van der Waals surface area contributed by atoms with Crippen LogP contribution in [0.15, 0.2) is 6.07 Å². The fourth-order valence-corrected chi connectivity index (χ4v) is 3.80. The molecule has 1 fully saturated rings. The van der Waals surface area contributed by atoms with Crippen LogP contribution in [0.25, 0.3) is 0 Å². The number of rotatable bonds is 3. The summed E-state index contributed by atoms with van der Waals surface area (Å²) >= 11 is 1.60. The van der Waals surface area contributed by atoms with Crippen LogP contribution in [0.5, 0.6) is 0 Å². The highest BCUT2D eigenvalue weighted by Crippen LogP contribution is 2.28. The molecule has 1 N–H and O–H groups in total. The van der Waals surface area contributed by atoms with Crippen molar-refractivity contribution in [2.45, 2.75) is 46.1 Å². The van der Waals surface area contributed by atoms with E-state index in [1.807, 2.05) is 11.0 Å². The monoisotopic (exact) mass is 281 g/mol. The maximum Gasteiger partial charge on any atom is 0.264 e. The Kier molecular flexibility index (Phi) is 4.63. The molecule has 1 aromatic heterocycles. The number of aryl methyl sites for hydroxylation is 2. The molecule has 1 aliphatic rings. The second kappa shape index (κ2) is 6.06. The number of aliphatic hydroxyl groups excluding tert-OH is 1. The van der Waals surface area contributed by atoms with E-state index in [0.717, 1.165) is 24.1 Å². The molecule has 0 bridgehead atoms. The van der Waals surface area contributed by atoms with E-state index in [0.29, 0.717) is 6.54 Å². The van der Waals surface area contributed by atoms with Crippen molar-refractivity contribution in [1.82, 2.24) is 4.90 Å². The summed E-state index contributed by atoms with van der Waals surface area (Å²) < 4.78 is 0. The predicted octanol–water partition coefficient (Wildman–Crippen LogP) is 2.85. The topological polar surface area (TPSA) is 40.5 Å². The van der Waals surface area contributed by atoms with E-state index in [1.165, 1.54) is 10.4 Å². The first-order valence-corrected chi connectivity index (χ1v) is 7.89. The van der Waals surface area contributed by atoms with E-state index in [1.54, 1.807) is 11.3 Å². The third-order valence-electron chi connectivity index (χ3n) is 4.11. The largest absolute Gasteiger partial charge is 0.396 e. The first kappa shape index (κ1) is 14.5. The molecule has 0 spiro atoms. The van der Waals surface area contributed by atoms with Gasteiger partial charge in [-0.2, -0.15) is 0 Å². The van der Waals surface area contributed by atoms with E-state index < -0.39 is 0 Å². The molecule has 4 heteroatoms. The molecule has 2 rings (SSSR count). The molecular weight excluding hydrogens is 258 g/mol. The van der Waals surface area contributed by atoms with Crippen LogP contribution in [0.3, 0.4) is 0 Å². The van der Waals surface area contributed by atoms with Crippen molar-refractivity contribution in [3.63, 3.8) is 0 Å². The van der Waals surface area contributed by atoms with Gasteiger partial charge in [-0.15, -0.1) is 11.3 Å².